The summed E-state index contributed by atoms with van der Waals surface area (Å²) in [5.74, 6) is 0.662. The molecule has 21 heavy (non-hydrogen) atoms. The van der Waals surface area contributed by atoms with Crippen molar-refractivity contribution in [3.63, 3.8) is 0 Å². The van der Waals surface area contributed by atoms with Gasteiger partial charge >= 0.3 is 0 Å². The van der Waals surface area contributed by atoms with Crippen LogP contribution < -0.4 is 11.1 Å². The quantitative estimate of drug-likeness (QED) is 0.874. The summed E-state index contributed by atoms with van der Waals surface area (Å²) in [4.78, 5) is 12.1. The third kappa shape index (κ3) is 3.65. The number of carbonyl (C=O) groups is 1. The van der Waals surface area contributed by atoms with E-state index in [1.807, 2.05) is 0 Å². The fourth-order valence-corrected chi connectivity index (χ4v) is 3.31. The van der Waals surface area contributed by atoms with Crippen molar-refractivity contribution >= 4 is 5.91 Å². The van der Waals surface area contributed by atoms with Crippen LogP contribution in [0.25, 0.3) is 0 Å². The van der Waals surface area contributed by atoms with Gasteiger partial charge in [-0.3, -0.25) is 4.79 Å². The number of aryl methyl sites for hydroxylation is 2. The largest absolute Gasteiger partial charge is 0.350 e. The van der Waals surface area contributed by atoms with Gasteiger partial charge in [0.05, 0.1) is 6.04 Å². The van der Waals surface area contributed by atoms with Crippen LogP contribution in [0.5, 0.6) is 0 Å². The second-order valence-electron chi connectivity index (χ2n) is 6.73. The molecule has 0 spiro atoms. The van der Waals surface area contributed by atoms with Gasteiger partial charge in [0, 0.05) is 12.5 Å². The summed E-state index contributed by atoms with van der Waals surface area (Å²) in [6, 6.07) is 6.79. The number of amides is 1. The van der Waals surface area contributed by atoms with Crippen molar-refractivity contribution in [1.82, 2.24) is 5.32 Å². The predicted octanol–water partition coefficient (Wildman–Crippen LogP) is 2.87. The highest BCUT2D eigenvalue weighted by Crippen LogP contribution is 2.32. The molecule has 3 heteroatoms. The summed E-state index contributed by atoms with van der Waals surface area (Å²) < 4.78 is 0. The maximum absolute atomic E-state index is 12.1. The zero-order valence-electron chi connectivity index (χ0n) is 12.9. The van der Waals surface area contributed by atoms with Crippen LogP contribution in [0, 0.1) is 5.92 Å². The van der Waals surface area contributed by atoms with E-state index in [2.05, 4.69) is 30.4 Å². The first kappa shape index (κ1) is 14.6. The van der Waals surface area contributed by atoms with E-state index >= 15 is 0 Å². The Hall–Kier alpha value is -1.35. The van der Waals surface area contributed by atoms with Crippen LogP contribution in [-0.4, -0.2) is 11.9 Å². The van der Waals surface area contributed by atoms with E-state index in [9.17, 15) is 4.79 Å². The lowest BCUT2D eigenvalue weighted by molar-refractivity contribution is -0.122. The van der Waals surface area contributed by atoms with E-state index in [0.717, 1.165) is 0 Å². The van der Waals surface area contributed by atoms with E-state index in [4.69, 9.17) is 5.73 Å². The number of benzene rings is 1. The highest BCUT2D eigenvalue weighted by Gasteiger charge is 2.30. The minimum atomic E-state index is 0.0423. The number of hydrogen-bond donors (Lipinski definition) is 2. The number of nitrogens with two attached hydrogens (primary N) is 1. The van der Waals surface area contributed by atoms with Crippen molar-refractivity contribution in [1.29, 1.82) is 0 Å². The summed E-state index contributed by atoms with van der Waals surface area (Å²) in [5, 5.41) is 3.10. The molecule has 1 aromatic rings. The molecule has 1 aromatic carbocycles. The fraction of sp³-hybridized carbons (Fsp3) is 0.611. The Bertz CT molecular complexity index is 522. The summed E-state index contributed by atoms with van der Waals surface area (Å²) in [6.07, 6.45) is 7.80. The molecule has 2 atom stereocenters. The first-order valence-corrected chi connectivity index (χ1v) is 8.30. The van der Waals surface area contributed by atoms with E-state index in [-0.39, 0.29) is 18.0 Å². The average molecular weight is 286 g/mol. The number of nitrogens with one attached hydrogen (secondary N) is 1. The van der Waals surface area contributed by atoms with Crippen LogP contribution in [0.1, 0.15) is 61.8 Å². The van der Waals surface area contributed by atoms with Gasteiger partial charge in [0.25, 0.3) is 0 Å². The van der Waals surface area contributed by atoms with Crippen molar-refractivity contribution in [3.8, 4) is 0 Å². The lowest BCUT2D eigenvalue weighted by atomic mass is 9.89. The Labute approximate surface area is 127 Å². The van der Waals surface area contributed by atoms with Crippen LogP contribution in [0.2, 0.25) is 0 Å². The molecular formula is C18H26N2O. The minimum Gasteiger partial charge on any atom is -0.350 e. The van der Waals surface area contributed by atoms with Gasteiger partial charge in [-0.1, -0.05) is 18.2 Å². The molecule has 0 aliphatic heterocycles. The SMILES string of the molecule is CC(NC(=O)CC(N)C1CC1)c1ccc2c(c1)CCCC2. The molecule has 1 fully saturated rings. The molecule has 0 aromatic heterocycles. The molecule has 1 saturated carbocycles. The van der Waals surface area contributed by atoms with E-state index in [1.165, 1.54) is 55.2 Å². The number of rotatable bonds is 5. The highest BCUT2D eigenvalue weighted by molar-refractivity contribution is 5.77. The molecule has 3 rings (SSSR count). The summed E-state index contributed by atoms with van der Waals surface area (Å²) in [6.45, 7) is 2.06. The zero-order chi connectivity index (χ0) is 14.8. The summed E-state index contributed by atoms with van der Waals surface area (Å²) in [5.41, 5.74) is 10.2. The van der Waals surface area contributed by atoms with Gasteiger partial charge in [0.1, 0.15) is 0 Å². The van der Waals surface area contributed by atoms with Gasteiger partial charge in [0.2, 0.25) is 5.91 Å². The van der Waals surface area contributed by atoms with Crippen molar-refractivity contribution in [2.45, 2.75) is 64.0 Å². The van der Waals surface area contributed by atoms with Crippen molar-refractivity contribution < 1.29 is 4.79 Å². The standard InChI is InChI=1S/C18H26N2O/c1-12(20-18(21)11-17(19)14-7-8-14)15-9-6-13-4-2-3-5-16(13)10-15/h6,9-10,12,14,17H,2-5,7-8,11,19H2,1H3,(H,20,21). The predicted molar refractivity (Wildman–Crippen MR) is 85.0 cm³/mol. The second-order valence-corrected chi connectivity index (χ2v) is 6.73. The topological polar surface area (TPSA) is 55.1 Å². The molecule has 1 amide bonds. The summed E-state index contributed by atoms with van der Waals surface area (Å²) >= 11 is 0. The smallest absolute Gasteiger partial charge is 0.222 e. The van der Waals surface area contributed by atoms with Crippen LogP contribution in [0.3, 0.4) is 0 Å². The molecule has 0 radical (unpaired) electrons. The fourth-order valence-electron chi connectivity index (χ4n) is 3.31. The normalized spacial score (nSPS) is 20.5. The van der Waals surface area contributed by atoms with E-state index in [0.29, 0.717) is 12.3 Å². The first-order valence-electron chi connectivity index (χ1n) is 8.30. The third-order valence-corrected chi connectivity index (χ3v) is 4.90. The van der Waals surface area contributed by atoms with Gasteiger partial charge in [-0.05, 0) is 68.1 Å². The Kier molecular flexibility index (Phi) is 4.29. The van der Waals surface area contributed by atoms with Crippen LogP contribution in [-0.2, 0) is 17.6 Å². The average Bonchev–Trinajstić information content (AvgIpc) is 3.31. The molecule has 2 aliphatic carbocycles. The molecule has 3 nitrogen and oxygen atoms in total. The van der Waals surface area contributed by atoms with Gasteiger partial charge in [0.15, 0.2) is 0 Å². The van der Waals surface area contributed by atoms with Crippen molar-refractivity contribution in [2.75, 3.05) is 0 Å². The molecule has 114 valence electrons. The Morgan fingerprint density at radius 2 is 2.00 bits per heavy atom. The number of hydrogen-bond acceptors (Lipinski definition) is 2. The molecule has 0 heterocycles. The Balaban J connectivity index is 1.59. The van der Waals surface area contributed by atoms with Crippen LogP contribution >= 0.6 is 0 Å². The molecular weight excluding hydrogens is 260 g/mol. The molecule has 2 aliphatic rings. The maximum Gasteiger partial charge on any atom is 0.222 e. The van der Waals surface area contributed by atoms with Crippen LogP contribution in [0.15, 0.2) is 18.2 Å². The molecule has 2 unspecified atom stereocenters. The van der Waals surface area contributed by atoms with Gasteiger partial charge in [-0.25, -0.2) is 0 Å². The van der Waals surface area contributed by atoms with E-state index < -0.39 is 0 Å². The van der Waals surface area contributed by atoms with Crippen molar-refractivity contribution in [3.05, 3.63) is 34.9 Å². The van der Waals surface area contributed by atoms with Gasteiger partial charge in [-0.2, -0.15) is 0 Å². The zero-order valence-corrected chi connectivity index (χ0v) is 12.9. The lowest BCUT2D eigenvalue weighted by Gasteiger charge is -2.20. The number of fused-ring (bicyclic) bond motifs is 1. The molecule has 0 bridgehead atoms. The lowest BCUT2D eigenvalue weighted by Crippen LogP contribution is -2.34. The number of carbonyl (C=O) groups excluding carboxylic acids is 1. The molecule has 3 N–H and O–H groups in total. The van der Waals surface area contributed by atoms with Crippen LogP contribution in [0.4, 0.5) is 0 Å². The van der Waals surface area contributed by atoms with Gasteiger partial charge < -0.3 is 11.1 Å². The maximum atomic E-state index is 12.1. The monoisotopic (exact) mass is 286 g/mol. The molecule has 0 saturated heterocycles. The highest BCUT2D eigenvalue weighted by atomic mass is 16.1. The summed E-state index contributed by atoms with van der Waals surface area (Å²) in [7, 11) is 0. The van der Waals surface area contributed by atoms with E-state index in [1.54, 1.807) is 0 Å². The van der Waals surface area contributed by atoms with Crippen molar-refractivity contribution in [2.24, 2.45) is 11.7 Å². The van der Waals surface area contributed by atoms with Gasteiger partial charge in [-0.15, -0.1) is 0 Å². The first-order chi connectivity index (χ1) is 10.1. The second kappa shape index (κ2) is 6.18. The third-order valence-electron chi connectivity index (χ3n) is 4.90. The minimum absolute atomic E-state index is 0.0423. The Morgan fingerprint density at radius 1 is 1.29 bits per heavy atom. The Morgan fingerprint density at radius 3 is 2.71 bits per heavy atom.